The molecule has 1 saturated heterocycles. The van der Waals surface area contributed by atoms with Crippen LogP contribution in [0.1, 0.15) is 40.5 Å². The molecule has 8 nitrogen and oxygen atoms in total. The highest BCUT2D eigenvalue weighted by Gasteiger charge is 2.37. The first-order valence-corrected chi connectivity index (χ1v) is 7.92. The molecule has 0 aromatic rings. The minimum absolute atomic E-state index is 0.128. The number of nitrogens with two attached hydrogens (primary N) is 1. The molecule has 0 aromatic carbocycles. The van der Waals surface area contributed by atoms with Crippen LogP contribution in [0.2, 0.25) is 0 Å². The highest BCUT2D eigenvalue weighted by Crippen LogP contribution is 2.25. The molecule has 23 heavy (non-hydrogen) atoms. The summed E-state index contributed by atoms with van der Waals surface area (Å²) in [6.45, 7) is 8.47. The summed E-state index contributed by atoms with van der Waals surface area (Å²) in [5, 5.41) is 5.17. The average Bonchev–Trinajstić information content (AvgIpc) is 2.41. The zero-order valence-corrected chi connectivity index (χ0v) is 14.3. The van der Waals surface area contributed by atoms with E-state index in [1.54, 1.807) is 4.90 Å². The fraction of sp³-hybridized carbons (Fsp3) is 0.800. The third kappa shape index (κ3) is 6.33. The Balaban J connectivity index is 2.54. The van der Waals surface area contributed by atoms with E-state index in [9.17, 15) is 14.4 Å². The van der Waals surface area contributed by atoms with Crippen LogP contribution in [0.25, 0.3) is 0 Å². The number of nitrogens with one attached hydrogen (secondary N) is 2. The third-order valence-corrected chi connectivity index (χ3v) is 3.68. The largest absolute Gasteiger partial charge is 0.444 e. The van der Waals surface area contributed by atoms with E-state index >= 15 is 0 Å². The average molecular weight is 328 g/mol. The van der Waals surface area contributed by atoms with Crippen LogP contribution < -0.4 is 16.4 Å². The molecule has 132 valence electrons. The number of carbonyl (C=O) groups excluding carboxylic acids is 3. The lowest BCUT2D eigenvalue weighted by Crippen LogP contribution is -2.53. The summed E-state index contributed by atoms with van der Waals surface area (Å²) in [7, 11) is 0. The van der Waals surface area contributed by atoms with Crippen molar-refractivity contribution in [3.05, 3.63) is 0 Å². The molecule has 1 fully saturated rings. The van der Waals surface area contributed by atoms with Crippen LogP contribution in [0, 0.1) is 5.92 Å². The first-order chi connectivity index (χ1) is 10.6. The molecule has 0 radical (unpaired) electrons. The molecule has 1 heterocycles. The molecule has 4 amide bonds. The van der Waals surface area contributed by atoms with Gasteiger partial charge in [0.1, 0.15) is 5.60 Å². The van der Waals surface area contributed by atoms with Crippen molar-refractivity contribution in [2.45, 2.75) is 52.2 Å². The lowest BCUT2D eigenvalue weighted by atomic mass is 9.89. The number of hydrogen-bond acceptors (Lipinski definition) is 4. The Morgan fingerprint density at radius 2 is 1.83 bits per heavy atom. The Labute approximate surface area is 137 Å². The first-order valence-electron chi connectivity index (χ1n) is 7.92. The van der Waals surface area contributed by atoms with Crippen molar-refractivity contribution in [1.82, 2.24) is 15.5 Å². The molecular formula is C15H28N4O4. The normalized spacial score (nSPS) is 21.5. The van der Waals surface area contributed by atoms with E-state index in [0.717, 1.165) is 12.8 Å². The predicted octanol–water partition coefficient (Wildman–Crippen LogP) is 0.807. The molecule has 0 saturated carbocycles. The van der Waals surface area contributed by atoms with Crippen LogP contribution in [-0.4, -0.2) is 54.2 Å². The molecule has 2 atom stereocenters. The van der Waals surface area contributed by atoms with E-state index in [4.69, 9.17) is 10.5 Å². The fourth-order valence-electron chi connectivity index (χ4n) is 2.57. The monoisotopic (exact) mass is 328 g/mol. The summed E-state index contributed by atoms with van der Waals surface area (Å²) < 4.78 is 5.39. The van der Waals surface area contributed by atoms with Crippen LogP contribution >= 0.6 is 0 Å². The third-order valence-electron chi connectivity index (χ3n) is 3.68. The van der Waals surface area contributed by atoms with Crippen LogP contribution in [0.3, 0.4) is 0 Å². The molecule has 1 aliphatic rings. The molecule has 0 unspecified atom stereocenters. The smallest absolute Gasteiger partial charge is 0.410 e. The zero-order valence-electron chi connectivity index (χ0n) is 14.3. The highest BCUT2D eigenvalue weighted by molar-refractivity contribution is 5.80. The van der Waals surface area contributed by atoms with Gasteiger partial charge in [-0.2, -0.15) is 0 Å². The minimum atomic E-state index is -0.624. The number of amides is 4. The van der Waals surface area contributed by atoms with Crippen molar-refractivity contribution in [2.75, 3.05) is 19.6 Å². The van der Waals surface area contributed by atoms with Gasteiger partial charge in [-0.05, 0) is 40.5 Å². The maximum atomic E-state index is 12.3. The van der Waals surface area contributed by atoms with Crippen LogP contribution in [0.15, 0.2) is 0 Å². The standard InChI is InChI=1S/C15H28N4O4/c1-10-11(12(20)17-7-8-18-13(16)21)6-5-9-19(10)14(22)23-15(2,3)4/h10-11H,5-9H2,1-4H3,(H,17,20)(H3,16,18,21)/t10-,11-/m1/s1. The summed E-state index contributed by atoms with van der Waals surface area (Å²) >= 11 is 0. The number of hydrogen-bond donors (Lipinski definition) is 3. The number of piperidine rings is 1. The summed E-state index contributed by atoms with van der Waals surface area (Å²) in [6, 6.07) is -0.857. The second-order valence-electron chi connectivity index (χ2n) is 6.75. The Morgan fingerprint density at radius 3 is 2.39 bits per heavy atom. The summed E-state index contributed by atoms with van der Waals surface area (Å²) in [4.78, 5) is 36.7. The second kappa shape index (κ2) is 8.03. The second-order valence-corrected chi connectivity index (χ2v) is 6.75. The summed E-state index contributed by atoms with van der Waals surface area (Å²) in [5.74, 6) is -0.415. The van der Waals surface area contributed by atoms with Crippen LogP contribution in [0.4, 0.5) is 9.59 Å². The van der Waals surface area contributed by atoms with Gasteiger partial charge >= 0.3 is 12.1 Å². The number of urea groups is 1. The van der Waals surface area contributed by atoms with Gasteiger partial charge in [0.2, 0.25) is 5.91 Å². The van der Waals surface area contributed by atoms with Gasteiger partial charge in [-0.15, -0.1) is 0 Å². The summed E-state index contributed by atoms with van der Waals surface area (Å²) in [6.07, 6.45) is 1.08. The Morgan fingerprint density at radius 1 is 1.22 bits per heavy atom. The van der Waals surface area contributed by atoms with Crippen molar-refractivity contribution < 1.29 is 19.1 Å². The van der Waals surface area contributed by atoms with Gasteiger partial charge in [0.25, 0.3) is 0 Å². The fourth-order valence-corrected chi connectivity index (χ4v) is 2.57. The van der Waals surface area contributed by atoms with Gasteiger partial charge in [0.05, 0.1) is 5.92 Å². The van der Waals surface area contributed by atoms with E-state index in [-0.39, 0.29) is 24.4 Å². The number of ether oxygens (including phenoxy) is 1. The van der Waals surface area contributed by atoms with Gasteiger partial charge < -0.3 is 26.0 Å². The van der Waals surface area contributed by atoms with Crippen molar-refractivity contribution >= 4 is 18.0 Å². The maximum Gasteiger partial charge on any atom is 0.410 e. The van der Waals surface area contributed by atoms with Gasteiger partial charge in [0, 0.05) is 25.7 Å². The van der Waals surface area contributed by atoms with E-state index in [2.05, 4.69) is 10.6 Å². The van der Waals surface area contributed by atoms with Gasteiger partial charge in [-0.3, -0.25) is 4.79 Å². The Kier molecular flexibility index (Phi) is 6.65. The predicted molar refractivity (Wildman–Crippen MR) is 85.7 cm³/mol. The van der Waals surface area contributed by atoms with Gasteiger partial charge in [0.15, 0.2) is 0 Å². The Hall–Kier alpha value is -1.99. The topological polar surface area (TPSA) is 114 Å². The number of primary amides is 1. The van der Waals surface area contributed by atoms with Crippen molar-refractivity contribution in [2.24, 2.45) is 11.7 Å². The van der Waals surface area contributed by atoms with Crippen molar-refractivity contribution in [3.63, 3.8) is 0 Å². The van der Waals surface area contributed by atoms with Crippen molar-refractivity contribution in [1.29, 1.82) is 0 Å². The molecule has 8 heteroatoms. The summed E-state index contributed by atoms with van der Waals surface area (Å²) in [5.41, 5.74) is 4.39. The SMILES string of the molecule is C[C@@H]1[C@H](C(=O)NCCNC(N)=O)CCCN1C(=O)OC(C)(C)C. The molecule has 1 aliphatic heterocycles. The van der Waals surface area contributed by atoms with E-state index in [1.165, 1.54) is 0 Å². The molecule has 0 spiro atoms. The van der Waals surface area contributed by atoms with Crippen LogP contribution in [-0.2, 0) is 9.53 Å². The molecule has 1 rings (SSSR count). The van der Waals surface area contributed by atoms with E-state index in [0.29, 0.717) is 13.1 Å². The maximum absolute atomic E-state index is 12.3. The molecule has 0 bridgehead atoms. The lowest BCUT2D eigenvalue weighted by molar-refractivity contribution is -0.128. The quantitative estimate of drug-likeness (QED) is 0.662. The zero-order chi connectivity index (χ0) is 17.6. The van der Waals surface area contributed by atoms with Crippen LogP contribution in [0.5, 0.6) is 0 Å². The van der Waals surface area contributed by atoms with E-state index in [1.807, 2.05) is 27.7 Å². The van der Waals surface area contributed by atoms with Crippen molar-refractivity contribution in [3.8, 4) is 0 Å². The minimum Gasteiger partial charge on any atom is -0.444 e. The lowest BCUT2D eigenvalue weighted by Gasteiger charge is -2.39. The molecule has 4 N–H and O–H groups in total. The molecule has 0 aromatic heterocycles. The number of nitrogens with zero attached hydrogens (tertiary/aromatic N) is 1. The Bertz CT molecular complexity index is 447. The first kappa shape index (κ1) is 19.1. The highest BCUT2D eigenvalue weighted by atomic mass is 16.6. The molecular weight excluding hydrogens is 300 g/mol. The van der Waals surface area contributed by atoms with E-state index < -0.39 is 17.7 Å². The number of rotatable bonds is 4. The van der Waals surface area contributed by atoms with Gasteiger partial charge in [-0.1, -0.05) is 0 Å². The number of likely N-dealkylation sites (tertiary alicyclic amines) is 1. The van der Waals surface area contributed by atoms with Gasteiger partial charge in [-0.25, -0.2) is 9.59 Å². The number of carbonyl (C=O) groups is 3. The molecule has 0 aliphatic carbocycles.